The van der Waals surface area contributed by atoms with Crippen LogP contribution in [0.5, 0.6) is 5.75 Å². The first-order chi connectivity index (χ1) is 17.3. The molecule has 36 heavy (non-hydrogen) atoms. The van der Waals surface area contributed by atoms with E-state index in [2.05, 4.69) is 4.98 Å². The number of ether oxygens (including phenoxy) is 1. The minimum atomic E-state index is -1.02. The Labute approximate surface area is 211 Å². The lowest BCUT2D eigenvalue weighted by Crippen LogP contribution is -2.31. The number of benzene rings is 2. The molecule has 0 radical (unpaired) electrons. The second-order valence-electron chi connectivity index (χ2n) is 8.08. The number of Topliss-reactive ketones (excluding diaryl/α,β-unsaturated/α-hetero) is 1. The van der Waals surface area contributed by atoms with Crippen LogP contribution in [0, 0.1) is 10.1 Å². The highest BCUT2D eigenvalue weighted by Crippen LogP contribution is 2.41. The third-order valence-electron chi connectivity index (χ3n) is 5.82. The molecule has 10 nitrogen and oxygen atoms in total. The van der Waals surface area contributed by atoms with Gasteiger partial charge >= 0.3 is 0 Å². The van der Waals surface area contributed by atoms with Gasteiger partial charge in [-0.05, 0) is 37.1 Å². The average Bonchev–Trinajstić information content (AvgIpc) is 3.47. The summed E-state index contributed by atoms with van der Waals surface area (Å²) in [5, 5.41) is 22.8. The Morgan fingerprint density at radius 1 is 1.22 bits per heavy atom. The van der Waals surface area contributed by atoms with Crippen LogP contribution in [-0.2, 0) is 16.1 Å². The van der Waals surface area contributed by atoms with Crippen molar-refractivity contribution in [3.8, 4) is 5.75 Å². The molecule has 4 rings (SSSR count). The maximum atomic E-state index is 13.2. The highest BCUT2D eigenvalue weighted by molar-refractivity contribution is 6.46. The number of nitro benzene ring substituents is 1. The maximum absolute atomic E-state index is 13.2. The lowest BCUT2D eigenvalue weighted by atomic mass is 9.95. The molecular weight excluding hydrogens is 488 g/mol. The molecule has 1 fully saturated rings. The first-order valence-electron chi connectivity index (χ1n) is 11.2. The molecular formula is C25H23ClN4O6. The van der Waals surface area contributed by atoms with E-state index in [0.717, 1.165) is 0 Å². The minimum absolute atomic E-state index is 0.164. The van der Waals surface area contributed by atoms with E-state index in [9.17, 15) is 24.8 Å². The zero-order valence-electron chi connectivity index (χ0n) is 19.3. The smallest absolute Gasteiger partial charge is 0.295 e. The van der Waals surface area contributed by atoms with Crippen molar-refractivity contribution in [2.75, 3.05) is 13.2 Å². The average molecular weight is 511 g/mol. The Morgan fingerprint density at radius 3 is 2.69 bits per heavy atom. The van der Waals surface area contributed by atoms with Gasteiger partial charge in [0.05, 0.1) is 34.5 Å². The summed E-state index contributed by atoms with van der Waals surface area (Å²) in [6.07, 6.45) is 5.55. The lowest BCUT2D eigenvalue weighted by Gasteiger charge is -2.25. The Hall–Kier alpha value is -4.18. The molecule has 2 aromatic carbocycles. The number of imidazole rings is 1. The molecule has 2 heterocycles. The van der Waals surface area contributed by atoms with Gasteiger partial charge in [-0.2, -0.15) is 0 Å². The van der Waals surface area contributed by atoms with Crippen molar-refractivity contribution in [2.24, 2.45) is 0 Å². The number of halogens is 1. The Balaban J connectivity index is 1.77. The fourth-order valence-electron chi connectivity index (χ4n) is 4.18. The third kappa shape index (κ3) is 4.94. The van der Waals surface area contributed by atoms with Crippen molar-refractivity contribution in [3.05, 3.63) is 93.0 Å². The number of nitrogens with zero attached hydrogens (tertiary/aromatic N) is 4. The fraction of sp³-hybridized carbons (Fsp3) is 0.240. The third-order valence-corrected chi connectivity index (χ3v) is 6.11. The largest absolute Gasteiger partial charge is 0.507 e. The van der Waals surface area contributed by atoms with Crippen LogP contribution in [0.25, 0.3) is 5.76 Å². The number of ketones is 1. The molecule has 1 atom stereocenters. The predicted octanol–water partition coefficient (Wildman–Crippen LogP) is 4.36. The Morgan fingerprint density at radius 2 is 2.03 bits per heavy atom. The van der Waals surface area contributed by atoms with Gasteiger partial charge in [-0.1, -0.05) is 23.7 Å². The normalized spacial score (nSPS) is 16.9. The molecule has 0 aliphatic carbocycles. The number of carbonyl (C=O) groups is 2. The number of aryl methyl sites for hydroxylation is 1. The van der Waals surface area contributed by atoms with Crippen LogP contribution < -0.4 is 4.74 Å². The van der Waals surface area contributed by atoms with Crippen molar-refractivity contribution >= 4 is 34.7 Å². The van der Waals surface area contributed by atoms with E-state index in [-0.39, 0.29) is 28.4 Å². The molecule has 1 aliphatic rings. The van der Waals surface area contributed by atoms with Gasteiger partial charge in [0, 0.05) is 43.2 Å². The molecule has 0 saturated carbocycles. The van der Waals surface area contributed by atoms with Gasteiger partial charge in [0.15, 0.2) is 0 Å². The summed E-state index contributed by atoms with van der Waals surface area (Å²) in [4.78, 5) is 42.4. The summed E-state index contributed by atoms with van der Waals surface area (Å²) in [5.41, 5.74) is 0.198. The SMILES string of the molecule is CCOc1ccc(C(O)=C2C(=O)C(=O)N(CCCn3ccnc3)C2c2cccc([N+](=O)[O-])c2)cc1Cl. The zero-order valence-corrected chi connectivity index (χ0v) is 20.1. The van der Waals surface area contributed by atoms with E-state index in [1.807, 2.05) is 4.57 Å². The van der Waals surface area contributed by atoms with Gasteiger partial charge in [0.1, 0.15) is 11.5 Å². The fourth-order valence-corrected chi connectivity index (χ4v) is 4.42. The molecule has 0 bridgehead atoms. The Bertz CT molecular complexity index is 1340. The summed E-state index contributed by atoms with van der Waals surface area (Å²) in [5.74, 6) is -1.69. The van der Waals surface area contributed by atoms with Crippen LogP contribution in [0.15, 0.2) is 66.8 Å². The van der Waals surface area contributed by atoms with E-state index >= 15 is 0 Å². The van der Waals surface area contributed by atoms with Gasteiger partial charge in [-0.15, -0.1) is 0 Å². The Kier molecular flexibility index (Phi) is 7.35. The van der Waals surface area contributed by atoms with E-state index in [1.165, 1.54) is 35.2 Å². The molecule has 1 amide bonds. The van der Waals surface area contributed by atoms with Gasteiger partial charge in [0.2, 0.25) is 0 Å². The van der Waals surface area contributed by atoms with E-state index in [1.54, 1.807) is 37.8 Å². The van der Waals surface area contributed by atoms with Gasteiger partial charge in [-0.3, -0.25) is 19.7 Å². The lowest BCUT2D eigenvalue weighted by molar-refractivity contribution is -0.384. The van der Waals surface area contributed by atoms with Crippen molar-refractivity contribution in [1.29, 1.82) is 0 Å². The van der Waals surface area contributed by atoms with Crippen LogP contribution in [0.4, 0.5) is 5.69 Å². The van der Waals surface area contributed by atoms with Crippen molar-refractivity contribution in [1.82, 2.24) is 14.5 Å². The molecule has 1 saturated heterocycles. The van der Waals surface area contributed by atoms with Gasteiger partial charge in [0.25, 0.3) is 17.4 Å². The topological polar surface area (TPSA) is 128 Å². The van der Waals surface area contributed by atoms with Crippen molar-refractivity contribution in [3.63, 3.8) is 0 Å². The van der Waals surface area contributed by atoms with E-state index in [0.29, 0.717) is 30.9 Å². The number of aliphatic hydroxyl groups is 1. The number of rotatable bonds is 9. The molecule has 186 valence electrons. The first kappa shape index (κ1) is 24.9. The summed E-state index contributed by atoms with van der Waals surface area (Å²) in [6, 6.07) is 9.21. The number of carbonyl (C=O) groups excluding carboxylic acids is 2. The number of amides is 1. The molecule has 0 spiro atoms. The predicted molar refractivity (Wildman–Crippen MR) is 132 cm³/mol. The monoisotopic (exact) mass is 510 g/mol. The molecule has 1 aromatic heterocycles. The van der Waals surface area contributed by atoms with Gasteiger partial charge in [-0.25, -0.2) is 4.98 Å². The highest BCUT2D eigenvalue weighted by Gasteiger charge is 2.46. The van der Waals surface area contributed by atoms with E-state index in [4.69, 9.17) is 16.3 Å². The minimum Gasteiger partial charge on any atom is -0.507 e. The van der Waals surface area contributed by atoms with Crippen LogP contribution in [-0.4, -0.2) is 49.3 Å². The molecule has 1 aliphatic heterocycles. The van der Waals surface area contributed by atoms with Crippen LogP contribution in [0.2, 0.25) is 5.02 Å². The summed E-state index contributed by atoms with van der Waals surface area (Å²) in [6.45, 7) is 2.91. The number of non-ortho nitro benzene ring substituents is 1. The van der Waals surface area contributed by atoms with Crippen LogP contribution in [0.1, 0.15) is 30.5 Å². The second kappa shape index (κ2) is 10.6. The van der Waals surface area contributed by atoms with Crippen molar-refractivity contribution in [2.45, 2.75) is 25.9 Å². The quantitative estimate of drug-likeness (QED) is 0.149. The van der Waals surface area contributed by atoms with Crippen LogP contribution >= 0.6 is 11.6 Å². The number of aliphatic hydroxyl groups excluding tert-OH is 1. The number of hydrogen-bond acceptors (Lipinski definition) is 7. The summed E-state index contributed by atoms with van der Waals surface area (Å²) >= 11 is 6.28. The number of likely N-dealkylation sites (tertiary alicyclic amines) is 1. The summed E-state index contributed by atoms with van der Waals surface area (Å²) in [7, 11) is 0. The zero-order chi connectivity index (χ0) is 25.8. The first-order valence-corrected chi connectivity index (χ1v) is 11.6. The number of hydrogen-bond donors (Lipinski definition) is 1. The molecule has 1 N–H and O–H groups in total. The summed E-state index contributed by atoms with van der Waals surface area (Å²) < 4.78 is 7.26. The van der Waals surface area contributed by atoms with E-state index < -0.39 is 28.4 Å². The van der Waals surface area contributed by atoms with Crippen LogP contribution in [0.3, 0.4) is 0 Å². The van der Waals surface area contributed by atoms with Gasteiger partial charge < -0.3 is 19.3 Å². The standard InChI is InChI=1S/C25H23ClN4O6/c1-2-36-20-8-7-17(14-19(20)26)23(31)21-22(16-5-3-6-18(13-16)30(34)35)29(25(33)24(21)32)11-4-10-28-12-9-27-15-28/h3,5-9,12-15,22,31H,2,4,10-11H2,1H3. The van der Waals surface area contributed by atoms with Crippen molar-refractivity contribution < 1.29 is 24.4 Å². The number of aromatic nitrogens is 2. The molecule has 1 unspecified atom stereocenters. The highest BCUT2D eigenvalue weighted by atomic mass is 35.5. The second-order valence-corrected chi connectivity index (χ2v) is 8.48. The molecule has 11 heteroatoms. The number of nitro groups is 1. The maximum Gasteiger partial charge on any atom is 0.295 e. The molecule has 3 aromatic rings.